The summed E-state index contributed by atoms with van der Waals surface area (Å²) < 4.78 is 28.1. The van der Waals surface area contributed by atoms with Gasteiger partial charge in [0.2, 0.25) is 5.91 Å². The Kier molecular flexibility index (Phi) is 13.0. The molecule has 6 nitrogen and oxygen atoms in total. The number of alkyl halides is 2. The fourth-order valence-electron chi connectivity index (χ4n) is 6.40. The van der Waals surface area contributed by atoms with Gasteiger partial charge in [0.15, 0.2) is 0 Å². The van der Waals surface area contributed by atoms with Crippen LogP contribution in [0.25, 0.3) is 0 Å². The van der Waals surface area contributed by atoms with E-state index >= 15 is 0 Å². The van der Waals surface area contributed by atoms with E-state index < -0.39 is 5.92 Å². The topological polar surface area (TPSA) is 61.4 Å². The Hall–Kier alpha value is -2.77. The molecule has 0 bridgehead atoms. The number of pyridine rings is 2. The fraction of sp³-hybridized carbons (Fsp3) is 0.686. The van der Waals surface area contributed by atoms with Crippen molar-refractivity contribution < 1.29 is 13.6 Å². The molecule has 2 aromatic rings. The van der Waals surface area contributed by atoms with E-state index in [1.807, 2.05) is 36.1 Å². The number of unbranched alkanes of at least 4 members (excludes halogenated alkanes) is 11. The molecule has 0 unspecified atom stereocenters. The molecule has 4 rings (SSSR count). The third-order valence-corrected chi connectivity index (χ3v) is 9.06. The van der Waals surface area contributed by atoms with Crippen LogP contribution < -0.4 is 10.2 Å². The first-order valence-corrected chi connectivity index (χ1v) is 17.0. The molecule has 2 aromatic heterocycles. The van der Waals surface area contributed by atoms with Crippen molar-refractivity contribution in [2.75, 3.05) is 36.4 Å². The lowest BCUT2D eigenvalue weighted by Gasteiger charge is -2.33. The van der Waals surface area contributed by atoms with Gasteiger partial charge in [0.25, 0.3) is 5.92 Å². The minimum absolute atomic E-state index is 0.152. The molecule has 4 heterocycles. The van der Waals surface area contributed by atoms with E-state index in [2.05, 4.69) is 17.2 Å². The Morgan fingerprint density at radius 3 is 2.16 bits per heavy atom. The molecule has 2 aliphatic heterocycles. The number of carbonyl (C=O) groups is 1. The van der Waals surface area contributed by atoms with Gasteiger partial charge in [0.05, 0.1) is 6.54 Å². The first-order valence-electron chi connectivity index (χ1n) is 17.0. The molecule has 0 aliphatic carbocycles. The number of amides is 1. The van der Waals surface area contributed by atoms with Crippen molar-refractivity contribution >= 4 is 23.4 Å². The molecule has 2 aliphatic rings. The zero-order chi connectivity index (χ0) is 30.5. The zero-order valence-electron chi connectivity index (χ0n) is 26.6. The molecule has 238 valence electrons. The van der Waals surface area contributed by atoms with Crippen molar-refractivity contribution in [2.45, 2.75) is 128 Å². The standard InChI is InChI=1S/C35H53F2N5O/c1-3-4-5-6-7-8-9-10-11-12-13-14-15-34(43)41-21-17-29(18-22-41)30-25-32(39-31-24-28(2)16-20-38-31)40-33(26-30)42-23-19-35(36,37)27-42/h16,20,24-26,29H,3-15,17-19,21-23,27H2,1-2H3,(H,38,39,40). The first-order chi connectivity index (χ1) is 20.8. The van der Waals surface area contributed by atoms with Gasteiger partial charge in [-0.3, -0.25) is 4.79 Å². The summed E-state index contributed by atoms with van der Waals surface area (Å²) in [7, 11) is 0. The molecule has 1 amide bonds. The predicted octanol–water partition coefficient (Wildman–Crippen LogP) is 9.17. The number of piperidine rings is 1. The summed E-state index contributed by atoms with van der Waals surface area (Å²) in [5, 5.41) is 3.29. The number of anilines is 3. The van der Waals surface area contributed by atoms with Crippen molar-refractivity contribution in [3.8, 4) is 0 Å². The molecule has 0 saturated carbocycles. The number of rotatable bonds is 17. The highest BCUT2D eigenvalue weighted by atomic mass is 19.3. The number of aromatic nitrogens is 2. The summed E-state index contributed by atoms with van der Waals surface area (Å²) in [6.07, 6.45) is 19.5. The lowest BCUT2D eigenvalue weighted by atomic mass is 9.89. The summed E-state index contributed by atoms with van der Waals surface area (Å²) >= 11 is 0. The number of hydrogen-bond donors (Lipinski definition) is 1. The second-order valence-electron chi connectivity index (χ2n) is 12.8. The van der Waals surface area contributed by atoms with Crippen LogP contribution in [0.4, 0.5) is 26.2 Å². The molecule has 2 saturated heterocycles. The normalized spacial score (nSPS) is 17.0. The molecule has 2 fully saturated rings. The molecule has 1 N–H and O–H groups in total. The van der Waals surface area contributed by atoms with Crippen molar-refractivity contribution in [1.82, 2.24) is 14.9 Å². The van der Waals surface area contributed by atoms with Crippen LogP contribution in [0, 0.1) is 6.92 Å². The molecular formula is C35H53F2N5O. The lowest BCUT2D eigenvalue weighted by Crippen LogP contribution is -2.37. The predicted molar refractivity (Wildman–Crippen MR) is 173 cm³/mol. The molecule has 43 heavy (non-hydrogen) atoms. The van der Waals surface area contributed by atoms with Crippen molar-refractivity contribution in [3.63, 3.8) is 0 Å². The maximum absolute atomic E-state index is 14.1. The monoisotopic (exact) mass is 597 g/mol. The van der Waals surface area contributed by atoms with Gasteiger partial charge in [-0.25, -0.2) is 18.7 Å². The van der Waals surface area contributed by atoms with Crippen LogP contribution in [0.5, 0.6) is 0 Å². The average Bonchev–Trinajstić information content (AvgIpc) is 3.37. The second kappa shape index (κ2) is 16.9. The van der Waals surface area contributed by atoms with Gasteiger partial charge in [-0.05, 0) is 67.5 Å². The number of hydrogen-bond acceptors (Lipinski definition) is 5. The van der Waals surface area contributed by atoms with E-state index in [0.717, 1.165) is 49.9 Å². The summed E-state index contributed by atoms with van der Waals surface area (Å²) in [6.45, 7) is 5.73. The van der Waals surface area contributed by atoms with Gasteiger partial charge < -0.3 is 15.1 Å². The number of halogens is 2. The van der Waals surface area contributed by atoms with E-state index in [1.165, 1.54) is 64.2 Å². The summed E-state index contributed by atoms with van der Waals surface area (Å²) in [5.41, 5.74) is 2.16. The quantitative estimate of drug-likeness (QED) is 0.184. The number of nitrogens with one attached hydrogen (secondary N) is 1. The van der Waals surface area contributed by atoms with E-state index in [1.54, 1.807) is 11.1 Å². The van der Waals surface area contributed by atoms with Crippen LogP contribution >= 0.6 is 0 Å². The Morgan fingerprint density at radius 1 is 0.907 bits per heavy atom. The maximum Gasteiger partial charge on any atom is 0.266 e. The zero-order valence-corrected chi connectivity index (χ0v) is 26.6. The Labute approximate surface area is 258 Å². The average molecular weight is 598 g/mol. The first kappa shape index (κ1) is 33.1. The molecule has 8 heteroatoms. The number of carbonyl (C=O) groups excluding carboxylic acids is 1. The second-order valence-corrected chi connectivity index (χ2v) is 12.8. The van der Waals surface area contributed by atoms with Gasteiger partial charge in [-0.2, -0.15) is 0 Å². The molecule has 0 spiro atoms. The van der Waals surface area contributed by atoms with Gasteiger partial charge in [-0.15, -0.1) is 0 Å². The number of nitrogens with zero attached hydrogens (tertiary/aromatic N) is 4. The minimum atomic E-state index is -2.69. The summed E-state index contributed by atoms with van der Waals surface area (Å²) in [6, 6.07) is 7.87. The highest BCUT2D eigenvalue weighted by Crippen LogP contribution is 2.35. The molecule has 0 atom stereocenters. The third kappa shape index (κ3) is 11.0. The molecule has 0 aromatic carbocycles. The highest BCUT2D eigenvalue weighted by molar-refractivity contribution is 5.76. The largest absolute Gasteiger partial charge is 0.350 e. The van der Waals surface area contributed by atoms with Gasteiger partial charge >= 0.3 is 0 Å². The number of likely N-dealkylation sites (tertiary alicyclic amines) is 1. The Bertz CT molecular complexity index is 1130. The van der Waals surface area contributed by atoms with Crippen LogP contribution in [0.3, 0.4) is 0 Å². The number of aryl methyl sites for hydroxylation is 1. The van der Waals surface area contributed by atoms with Crippen LogP contribution in [0.2, 0.25) is 0 Å². The van der Waals surface area contributed by atoms with E-state index in [4.69, 9.17) is 4.98 Å². The van der Waals surface area contributed by atoms with Gasteiger partial charge in [0.1, 0.15) is 17.5 Å². The van der Waals surface area contributed by atoms with Crippen LogP contribution in [0.1, 0.15) is 127 Å². The molecule has 0 radical (unpaired) electrons. The van der Waals surface area contributed by atoms with E-state index in [9.17, 15) is 13.6 Å². The Morgan fingerprint density at radius 2 is 1.56 bits per heavy atom. The van der Waals surface area contributed by atoms with E-state index in [0.29, 0.717) is 23.9 Å². The fourth-order valence-corrected chi connectivity index (χ4v) is 6.40. The summed E-state index contributed by atoms with van der Waals surface area (Å²) in [5.74, 6) is -0.287. The minimum Gasteiger partial charge on any atom is -0.350 e. The smallest absolute Gasteiger partial charge is 0.266 e. The van der Waals surface area contributed by atoms with Crippen molar-refractivity contribution in [2.24, 2.45) is 0 Å². The van der Waals surface area contributed by atoms with Gasteiger partial charge in [0, 0.05) is 38.7 Å². The van der Waals surface area contributed by atoms with Crippen molar-refractivity contribution in [3.05, 3.63) is 41.6 Å². The Balaban J connectivity index is 1.22. The van der Waals surface area contributed by atoms with Crippen molar-refractivity contribution in [1.29, 1.82) is 0 Å². The van der Waals surface area contributed by atoms with Gasteiger partial charge in [-0.1, -0.05) is 77.6 Å². The third-order valence-electron chi connectivity index (χ3n) is 9.06. The summed E-state index contributed by atoms with van der Waals surface area (Å²) in [4.78, 5) is 25.7. The molecular weight excluding hydrogens is 544 g/mol. The maximum atomic E-state index is 14.1. The van der Waals surface area contributed by atoms with Crippen LogP contribution in [-0.2, 0) is 4.79 Å². The van der Waals surface area contributed by atoms with Crippen LogP contribution in [-0.4, -0.2) is 52.9 Å². The van der Waals surface area contributed by atoms with E-state index in [-0.39, 0.29) is 31.3 Å². The lowest BCUT2D eigenvalue weighted by molar-refractivity contribution is -0.132. The highest BCUT2D eigenvalue weighted by Gasteiger charge is 2.39. The van der Waals surface area contributed by atoms with Crippen LogP contribution in [0.15, 0.2) is 30.5 Å². The SMILES string of the molecule is CCCCCCCCCCCCCCC(=O)N1CCC(c2cc(Nc3cc(C)ccn3)nc(N3CCC(F)(F)C3)c2)CC1.